The second kappa shape index (κ2) is 9.52. The van der Waals surface area contributed by atoms with Gasteiger partial charge in [-0.05, 0) is 42.5 Å². The molecule has 0 aromatic heterocycles. The SMILES string of the molecule is CCC1C/C(=N\OCc2c(C)cccc2/C(=N\OC)C(=O)OC)c2cc(F)ccc21. The van der Waals surface area contributed by atoms with E-state index in [0.717, 1.165) is 34.4 Å². The van der Waals surface area contributed by atoms with Gasteiger partial charge >= 0.3 is 5.97 Å². The fourth-order valence-electron chi connectivity index (χ4n) is 3.71. The molecule has 0 N–H and O–H groups in total. The van der Waals surface area contributed by atoms with Crippen molar-refractivity contribution in [2.24, 2.45) is 10.3 Å². The number of rotatable bonds is 7. The molecule has 0 heterocycles. The Morgan fingerprint density at radius 2 is 2.03 bits per heavy atom. The molecule has 1 atom stereocenters. The minimum atomic E-state index is -0.610. The van der Waals surface area contributed by atoms with Crippen molar-refractivity contribution in [1.29, 1.82) is 0 Å². The van der Waals surface area contributed by atoms with E-state index in [9.17, 15) is 9.18 Å². The van der Waals surface area contributed by atoms with E-state index in [0.29, 0.717) is 17.9 Å². The van der Waals surface area contributed by atoms with Crippen LogP contribution in [0.3, 0.4) is 0 Å². The first-order chi connectivity index (χ1) is 14.5. The van der Waals surface area contributed by atoms with Crippen molar-refractivity contribution in [3.8, 4) is 0 Å². The van der Waals surface area contributed by atoms with Crippen LogP contribution in [-0.4, -0.2) is 31.6 Å². The van der Waals surface area contributed by atoms with Crippen LogP contribution in [-0.2, 0) is 25.8 Å². The molecule has 6 nitrogen and oxygen atoms in total. The van der Waals surface area contributed by atoms with Gasteiger partial charge in [0, 0.05) is 23.1 Å². The van der Waals surface area contributed by atoms with Crippen molar-refractivity contribution < 1.29 is 23.6 Å². The van der Waals surface area contributed by atoms with E-state index in [2.05, 4.69) is 17.2 Å². The summed E-state index contributed by atoms with van der Waals surface area (Å²) in [6.45, 7) is 4.13. The molecular formula is C23H25FN2O4. The number of ether oxygens (including phenoxy) is 1. The third kappa shape index (κ3) is 4.35. The molecule has 0 amide bonds. The molecule has 2 aromatic rings. The summed E-state index contributed by atoms with van der Waals surface area (Å²) in [6, 6.07) is 10.3. The average molecular weight is 412 g/mol. The van der Waals surface area contributed by atoms with Crippen molar-refractivity contribution in [2.45, 2.75) is 39.2 Å². The van der Waals surface area contributed by atoms with Gasteiger partial charge in [0.25, 0.3) is 0 Å². The van der Waals surface area contributed by atoms with Crippen LogP contribution in [0.15, 0.2) is 46.7 Å². The minimum Gasteiger partial charge on any atom is -0.464 e. The molecule has 158 valence electrons. The van der Waals surface area contributed by atoms with Gasteiger partial charge in [0.05, 0.1) is 12.8 Å². The van der Waals surface area contributed by atoms with Crippen LogP contribution in [0, 0.1) is 12.7 Å². The third-order valence-corrected chi connectivity index (χ3v) is 5.31. The predicted molar refractivity (Wildman–Crippen MR) is 112 cm³/mol. The zero-order chi connectivity index (χ0) is 21.7. The van der Waals surface area contributed by atoms with Crippen molar-refractivity contribution in [2.75, 3.05) is 14.2 Å². The number of carbonyl (C=O) groups is 1. The summed E-state index contributed by atoms with van der Waals surface area (Å²) in [5, 5.41) is 8.14. The molecule has 1 unspecified atom stereocenters. The highest BCUT2D eigenvalue weighted by Crippen LogP contribution is 2.36. The first kappa shape index (κ1) is 21.5. The number of methoxy groups -OCH3 is 1. The molecule has 0 saturated heterocycles. The Kier molecular flexibility index (Phi) is 6.82. The van der Waals surface area contributed by atoms with Gasteiger partial charge in [-0.2, -0.15) is 0 Å². The van der Waals surface area contributed by atoms with E-state index in [-0.39, 0.29) is 18.1 Å². The maximum Gasteiger partial charge on any atom is 0.360 e. The molecular weight excluding hydrogens is 387 g/mol. The van der Waals surface area contributed by atoms with E-state index < -0.39 is 5.97 Å². The normalized spacial score (nSPS) is 17.0. The highest BCUT2D eigenvalue weighted by atomic mass is 19.1. The number of oxime groups is 2. The second-order valence-electron chi connectivity index (χ2n) is 7.07. The summed E-state index contributed by atoms with van der Waals surface area (Å²) < 4.78 is 18.6. The fraction of sp³-hybridized carbons (Fsp3) is 0.348. The number of esters is 1. The van der Waals surface area contributed by atoms with Crippen molar-refractivity contribution in [1.82, 2.24) is 0 Å². The number of hydrogen-bond acceptors (Lipinski definition) is 6. The number of fused-ring (bicyclic) bond motifs is 1. The molecule has 0 spiro atoms. The molecule has 1 aliphatic carbocycles. The predicted octanol–water partition coefficient (Wildman–Crippen LogP) is 4.48. The summed E-state index contributed by atoms with van der Waals surface area (Å²) in [5.74, 6) is -0.601. The number of aryl methyl sites for hydroxylation is 1. The van der Waals surface area contributed by atoms with Gasteiger partial charge in [0.2, 0.25) is 0 Å². The van der Waals surface area contributed by atoms with Crippen molar-refractivity contribution >= 4 is 17.4 Å². The number of nitrogens with zero attached hydrogens (tertiary/aromatic N) is 2. The Labute approximate surface area is 175 Å². The lowest BCUT2D eigenvalue weighted by Crippen LogP contribution is -2.20. The molecule has 2 aromatic carbocycles. The fourth-order valence-corrected chi connectivity index (χ4v) is 3.71. The average Bonchev–Trinajstić information content (AvgIpc) is 3.09. The zero-order valence-electron chi connectivity index (χ0n) is 17.6. The van der Waals surface area contributed by atoms with Crippen LogP contribution in [0.5, 0.6) is 0 Å². The number of carbonyl (C=O) groups excluding carboxylic acids is 1. The quantitative estimate of drug-likeness (QED) is 0.382. The number of benzene rings is 2. The standard InChI is InChI=1S/C23H25FN2O4/c1-5-15-11-21(19-12-16(24)9-10-17(15)19)25-30-13-20-14(2)7-6-8-18(20)22(26-29-4)23(27)28-3/h6-10,12,15H,5,11,13H2,1-4H3/b25-21+,26-22+. The lowest BCUT2D eigenvalue weighted by molar-refractivity contribution is -0.132. The summed E-state index contributed by atoms with van der Waals surface area (Å²) in [7, 11) is 2.65. The van der Waals surface area contributed by atoms with E-state index in [1.54, 1.807) is 6.07 Å². The van der Waals surface area contributed by atoms with Crippen LogP contribution in [0.1, 0.15) is 53.5 Å². The Morgan fingerprint density at radius 1 is 1.23 bits per heavy atom. The topological polar surface area (TPSA) is 69.5 Å². The van der Waals surface area contributed by atoms with Crippen LogP contribution < -0.4 is 0 Å². The lowest BCUT2D eigenvalue weighted by atomic mass is 9.99. The van der Waals surface area contributed by atoms with Crippen LogP contribution in [0.2, 0.25) is 0 Å². The smallest absolute Gasteiger partial charge is 0.360 e. The first-order valence-corrected chi connectivity index (χ1v) is 9.77. The lowest BCUT2D eigenvalue weighted by Gasteiger charge is -2.12. The Hall–Kier alpha value is -3.22. The molecule has 0 saturated carbocycles. The van der Waals surface area contributed by atoms with Crippen LogP contribution in [0.25, 0.3) is 0 Å². The van der Waals surface area contributed by atoms with Gasteiger partial charge in [-0.25, -0.2) is 9.18 Å². The second-order valence-corrected chi connectivity index (χ2v) is 7.07. The minimum absolute atomic E-state index is 0.0503. The molecule has 0 bridgehead atoms. The molecule has 3 rings (SSSR count). The number of hydrogen-bond donors (Lipinski definition) is 0. The highest BCUT2D eigenvalue weighted by molar-refractivity contribution is 6.43. The maximum atomic E-state index is 13.8. The molecule has 7 heteroatoms. The van der Waals surface area contributed by atoms with Gasteiger partial charge in [-0.3, -0.25) is 0 Å². The Bertz CT molecular complexity index is 1000. The number of halogens is 1. The van der Waals surface area contributed by atoms with E-state index in [1.165, 1.54) is 26.4 Å². The zero-order valence-corrected chi connectivity index (χ0v) is 17.6. The van der Waals surface area contributed by atoms with Gasteiger partial charge in [0.1, 0.15) is 19.5 Å². The molecule has 1 aliphatic rings. The molecule has 0 aliphatic heterocycles. The van der Waals surface area contributed by atoms with Gasteiger partial charge in [-0.15, -0.1) is 0 Å². The van der Waals surface area contributed by atoms with E-state index in [1.807, 2.05) is 25.1 Å². The largest absolute Gasteiger partial charge is 0.464 e. The Balaban J connectivity index is 1.88. The van der Waals surface area contributed by atoms with Crippen LogP contribution in [0.4, 0.5) is 4.39 Å². The third-order valence-electron chi connectivity index (χ3n) is 5.31. The summed E-state index contributed by atoms with van der Waals surface area (Å²) in [6.07, 6.45) is 1.64. The van der Waals surface area contributed by atoms with E-state index >= 15 is 0 Å². The Morgan fingerprint density at radius 3 is 2.73 bits per heavy atom. The van der Waals surface area contributed by atoms with E-state index in [4.69, 9.17) is 14.4 Å². The van der Waals surface area contributed by atoms with Gasteiger partial charge in [0.15, 0.2) is 5.71 Å². The summed E-state index contributed by atoms with van der Waals surface area (Å²) in [4.78, 5) is 22.6. The molecule has 30 heavy (non-hydrogen) atoms. The molecule has 0 fully saturated rings. The van der Waals surface area contributed by atoms with Crippen LogP contribution >= 0.6 is 0 Å². The monoisotopic (exact) mass is 412 g/mol. The van der Waals surface area contributed by atoms with Gasteiger partial charge < -0.3 is 14.4 Å². The first-order valence-electron chi connectivity index (χ1n) is 9.77. The summed E-state index contributed by atoms with van der Waals surface area (Å²) >= 11 is 0. The van der Waals surface area contributed by atoms with Gasteiger partial charge in [-0.1, -0.05) is 41.5 Å². The maximum absolute atomic E-state index is 13.8. The highest BCUT2D eigenvalue weighted by Gasteiger charge is 2.27. The van der Waals surface area contributed by atoms with Crippen molar-refractivity contribution in [3.63, 3.8) is 0 Å². The molecule has 0 radical (unpaired) electrons. The van der Waals surface area contributed by atoms with Crippen molar-refractivity contribution in [3.05, 3.63) is 70.0 Å². The summed E-state index contributed by atoms with van der Waals surface area (Å²) in [5.41, 5.74) is 4.87.